The summed E-state index contributed by atoms with van der Waals surface area (Å²) in [7, 11) is 0. The molecule has 2 rings (SSSR count). The predicted molar refractivity (Wildman–Crippen MR) is 154 cm³/mol. The monoisotopic (exact) mass is 504 g/mol. The summed E-state index contributed by atoms with van der Waals surface area (Å²) < 4.78 is 13.1. The molecule has 208 valence electrons. The van der Waals surface area contributed by atoms with Gasteiger partial charge in [0.25, 0.3) is 0 Å². The molecule has 2 unspecified atom stereocenters. The van der Waals surface area contributed by atoms with Gasteiger partial charge in [-0.2, -0.15) is 0 Å². The van der Waals surface area contributed by atoms with E-state index in [4.69, 9.17) is 0 Å². The van der Waals surface area contributed by atoms with Crippen LogP contribution in [0.25, 0.3) is 0 Å². The molecule has 2 atom stereocenters. The molecule has 1 saturated heterocycles. The Hall–Kier alpha value is -1.01. The minimum Gasteiger partial charge on any atom is -0.315 e. The maximum Gasteiger partial charge on any atom is 0.123 e. The summed E-state index contributed by atoms with van der Waals surface area (Å²) in [5.74, 6) is 1.46. The fourth-order valence-electron chi connectivity index (χ4n) is 5.80. The van der Waals surface area contributed by atoms with E-state index in [0.29, 0.717) is 0 Å². The van der Waals surface area contributed by atoms with Crippen LogP contribution in [0.2, 0.25) is 0 Å². The van der Waals surface area contributed by atoms with E-state index in [-0.39, 0.29) is 11.4 Å². The Kier molecular flexibility index (Phi) is 15.2. The molecule has 1 heterocycles. The average molecular weight is 505 g/mol. The van der Waals surface area contributed by atoms with Crippen LogP contribution < -0.4 is 10.6 Å². The van der Waals surface area contributed by atoms with Gasteiger partial charge in [0.1, 0.15) is 5.82 Å². The van der Waals surface area contributed by atoms with Crippen LogP contribution in [0.1, 0.15) is 91.5 Å². The topological polar surface area (TPSA) is 30.5 Å². The fourth-order valence-corrected chi connectivity index (χ4v) is 5.80. The Morgan fingerprint density at radius 3 is 1.89 bits per heavy atom. The van der Waals surface area contributed by atoms with Crippen LogP contribution in [0.5, 0.6) is 0 Å². The van der Waals surface area contributed by atoms with Crippen molar-refractivity contribution in [1.82, 2.24) is 20.4 Å². The standard InChI is InChI=1S/C31H57FN4/c1-6-10-12-27(8-3)22-35-24-31(5,25-36(26-35)23-28(9-4)13-11-7-2)34-21-20-33-19-18-29-14-16-30(32)17-15-29/h14-17,27-28,33-34H,6-13,18-26H2,1-5H3. The summed E-state index contributed by atoms with van der Waals surface area (Å²) in [4.78, 5) is 5.49. The van der Waals surface area contributed by atoms with Crippen molar-refractivity contribution in [2.24, 2.45) is 11.8 Å². The van der Waals surface area contributed by atoms with E-state index in [0.717, 1.165) is 57.6 Å². The van der Waals surface area contributed by atoms with Gasteiger partial charge in [-0.25, -0.2) is 4.39 Å². The van der Waals surface area contributed by atoms with Crippen molar-refractivity contribution < 1.29 is 4.39 Å². The lowest BCUT2D eigenvalue weighted by Crippen LogP contribution is -2.65. The minimum absolute atomic E-state index is 0.114. The van der Waals surface area contributed by atoms with Gasteiger partial charge >= 0.3 is 0 Å². The molecule has 1 aromatic carbocycles. The van der Waals surface area contributed by atoms with Crippen molar-refractivity contribution in [3.05, 3.63) is 35.6 Å². The van der Waals surface area contributed by atoms with Crippen LogP contribution >= 0.6 is 0 Å². The van der Waals surface area contributed by atoms with Gasteiger partial charge in [-0.1, -0.05) is 78.4 Å². The van der Waals surface area contributed by atoms with Crippen LogP contribution in [-0.2, 0) is 6.42 Å². The number of halogens is 1. The predicted octanol–water partition coefficient (Wildman–Crippen LogP) is 6.31. The highest BCUT2D eigenvalue weighted by atomic mass is 19.1. The zero-order chi connectivity index (χ0) is 26.2. The van der Waals surface area contributed by atoms with Crippen molar-refractivity contribution in [3.8, 4) is 0 Å². The lowest BCUT2D eigenvalue weighted by molar-refractivity contribution is 0.00520. The first-order valence-electron chi connectivity index (χ1n) is 15.1. The van der Waals surface area contributed by atoms with E-state index in [1.807, 2.05) is 12.1 Å². The molecule has 0 radical (unpaired) electrons. The van der Waals surface area contributed by atoms with E-state index in [1.165, 1.54) is 70.0 Å². The number of rotatable bonds is 19. The summed E-state index contributed by atoms with van der Waals surface area (Å²) in [6.45, 7) is 20.5. The molecule has 1 fully saturated rings. The summed E-state index contributed by atoms with van der Waals surface area (Å²) >= 11 is 0. The number of benzene rings is 1. The van der Waals surface area contributed by atoms with Crippen molar-refractivity contribution in [2.75, 3.05) is 52.5 Å². The van der Waals surface area contributed by atoms with Crippen molar-refractivity contribution >= 4 is 0 Å². The maximum atomic E-state index is 13.1. The smallest absolute Gasteiger partial charge is 0.123 e. The van der Waals surface area contributed by atoms with Crippen LogP contribution in [0.4, 0.5) is 4.39 Å². The zero-order valence-electron chi connectivity index (χ0n) is 24.3. The highest BCUT2D eigenvalue weighted by molar-refractivity contribution is 5.16. The Balaban J connectivity index is 1.88. The highest BCUT2D eigenvalue weighted by Gasteiger charge is 2.35. The zero-order valence-corrected chi connectivity index (χ0v) is 24.3. The maximum absolute atomic E-state index is 13.1. The van der Waals surface area contributed by atoms with Gasteiger partial charge in [0.05, 0.1) is 6.67 Å². The first kappa shape index (κ1) is 31.2. The van der Waals surface area contributed by atoms with Crippen LogP contribution in [-0.4, -0.2) is 67.8 Å². The molecule has 1 aliphatic heterocycles. The quantitative estimate of drug-likeness (QED) is 0.216. The summed E-state index contributed by atoms with van der Waals surface area (Å²) in [5, 5.41) is 7.51. The molecule has 0 aromatic heterocycles. The lowest BCUT2D eigenvalue weighted by atomic mass is 9.93. The van der Waals surface area contributed by atoms with Crippen molar-refractivity contribution in [1.29, 1.82) is 0 Å². The van der Waals surface area contributed by atoms with Gasteiger partial charge in [0.2, 0.25) is 0 Å². The second kappa shape index (κ2) is 17.5. The number of unbranched alkanes of at least 4 members (excludes halogenated alkanes) is 2. The molecule has 36 heavy (non-hydrogen) atoms. The third-order valence-corrected chi connectivity index (χ3v) is 8.02. The van der Waals surface area contributed by atoms with E-state index in [9.17, 15) is 4.39 Å². The first-order valence-corrected chi connectivity index (χ1v) is 15.1. The van der Waals surface area contributed by atoms with E-state index in [1.54, 1.807) is 12.1 Å². The SMILES string of the molecule is CCCCC(CC)CN1CN(CC(CC)CCCC)CC(C)(NCCNCCc2ccc(F)cc2)C1. The number of nitrogens with zero attached hydrogens (tertiary/aromatic N) is 2. The van der Waals surface area contributed by atoms with Gasteiger partial charge in [-0.3, -0.25) is 9.80 Å². The van der Waals surface area contributed by atoms with Gasteiger partial charge in [0.15, 0.2) is 0 Å². The van der Waals surface area contributed by atoms with E-state index < -0.39 is 0 Å². The van der Waals surface area contributed by atoms with E-state index in [2.05, 4.69) is 55.1 Å². The Bertz CT molecular complexity index is 654. The molecule has 2 N–H and O–H groups in total. The molecular formula is C31H57FN4. The van der Waals surface area contributed by atoms with Gasteiger partial charge in [-0.15, -0.1) is 0 Å². The summed E-state index contributed by atoms with van der Waals surface area (Å²) in [6.07, 6.45) is 11.5. The largest absolute Gasteiger partial charge is 0.315 e. The van der Waals surface area contributed by atoms with Gasteiger partial charge < -0.3 is 10.6 Å². The molecular weight excluding hydrogens is 447 g/mol. The van der Waals surface area contributed by atoms with Crippen molar-refractivity contribution in [3.63, 3.8) is 0 Å². The van der Waals surface area contributed by atoms with E-state index >= 15 is 0 Å². The number of hydrogen-bond donors (Lipinski definition) is 2. The van der Waals surface area contributed by atoms with Crippen LogP contribution in [0.15, 0.2) is 24.3 Å². The molecule has 0 bridgehead atoms. The Morgan fingerprint density at radius 2 is 1.39 bits per heavy atom. The third kappa shape index (κ3) is 12.0. The number of hydrogen-bond acceptors (Lipinski definition) is 4. The fraction of sp³-hybridized carbons (Fsp3) is 0.806. The summed E-state index contributed by atoms with van der Waals surface area (Å²) in [5.41, 5.74) is 1.30. The molecule has 0 saturated carbocycles. The van der Waals surface area contributed by atoms with Crippen LogP contribution in [0, 0.1) is 17.7 Å². The molecule has 5 heteroatoms. The highest BCUT2D eigenvalue weighted by Crippen LogP contribution is 2.23. The van der Waals surface area contributed by atoms with Gasteiger partial charge in [-0.05, 0) is 62.3 Å². The second-order valence-corrected chi connectivity index (χ2v) is 11.6. The normalized spacial score (nSPS) is 21.1. The summed E-state index contributed by atoms with van der Waals surface area (Å²) in [6, 6.07) is 6.87. The third-order valence-electron chi connectivity index (χ3n) is 8.02. The molecule has 1 aromatic rings. The van der Waals surface area contributed by atoms with Gasteiger partial charge in [0, 0.05) is 44.8 Å². The number of nitrogens with one attached hydrogen (secondary N) is 2. The molecule has 0 amide bonds. The molecule has 1 aliphatic rings. The Labute approximate surface area is 222 Å². The average Bonchev–Trinajstić information content (AvgIpc) is 2.87. The van der Waals surface area contributed by atoms with Crippen molar-refractivity contribution in [2.45, 2.75) is 97.9 Å². The minimum atomic E-state index is -0.161. The van der Waals surface area contributed by atoms with Crippen LogP contribution in [0.3, 0.4) is 0 Å². The lowest BCUT2D eigenvalue weighted by Gasteiger charge is -2.48. The molecule has 0 spiro atoms. The second-order valence-electron chi connectivity index (χ2n) is 11.6. The molecule has 4 nitrogen and oxygen atoms in total. The Morgan fingerprint density at radius 1 is 0.833 bits per heavy atom. The first-order chi connectivity index (χ1) is 17.4. The molecule has 0 aliphatic carbocycles.